The quantitative estimate of drug-likeness (QED) is 0.538. The number of rotatable bonds is 7. The third-order valence-corrected chi connectivity index (χ3v) is 3.97. The van der Waals surface area contributed by atoms with Crippen molar-refractivity contribution >= 4 is 18.0 Å². The summed E-state index contributed by atoms with van der Waals surface area (Å²) in [6.07, 6.45) is 1.83. The number of piperazine rings is 1. The maximum Gasteiger partial charge on any atom is 0.409 e. The Balaban J connectivity index is 2.34. The van der Waals surface area contributed by atoms with E-state index in [-0.39, 0.29) is 30.8 Å². The lowest BCUT2D eigenvalue weighted by atomic mass is 10.1. The molecule has 1 fully saturated rings. The molecule has 1 saturated heterocycles. The standard InChI is InChI=1S/C18H33N3O5/c1-5-6-13-25-17(24)21-11-9-20(10-12-21)16(23)14(19)7-8-15(22)26-18(2,3)4/h14H,5-13,19H2,1-4H3. The van der Waals surface area contributed by atoms with Gasteiger partial charge in [0.15, 0.2) is 0 Å². The number of hydrogen-bond donors (Lipinski definition) is 1. The van der Waals surface area contributed by atoms with Crippen LogP contribution in [0.2, 0.25) is 0 Å². The number of nitrogens with two attached hydrogens (primary N) is 1. The highest BCUT2D eigenvalue weighted by Crippen LogP contribution is 2.11. The molecule has 0 aliphatic carbocycles. The molecule has 0 spiro atoms. The molecule has 0 aromatic rings. The van der Waals surface area contributed by atoms with E-state index in [9.17, 15) is 14.4 Å². The minimum absolute atomic E-state index is 0.105. The second-order valence-corrected chi connectivity index (χ2v) is 7.51. The summed E-state index contributed by atoms with van der Waals surface area (Å²) in [5.41, 5.74) is 5.38. The van der Waals surface area contributed by atoms with Crippen LogP contribution >= 0.6 is 0 Å². The van der Waals surface area contributed by atoms with Crippen molar-refractivity contribution in [2.75, 3.05) is 32.8 Å². The maximum atomic E-state index is 12.4. The lowest BCUT2D eigenvalue weighted by Crippen LogP contribution is -2.54. The monoisotopic (exact) mass is 371 g/mol. The van der Waals surface area contributed by atoms with Crippen molar-refractivity contribution < 1.29 is 23.9 Å². The molecule has 8 heteroatoms. The highest BCUT2D eigenvalue weighted by molar-refractivity contribution is 5.82. The Morgan fingerprint density at radius 3 is 2.19 bits per heavy atom. The number of carbonyl (C=O) groups excluding carboxylic acids is 3. The predicted molar refractivity (Wildman–Crippen MR) is 97.5 cm³/mol. The molecule has 1 heterocycles. The lowest BCUT2D eigenvalue weighted by Gasteiger charge is -2.35. The summed E-state index contributed by atoms with van der Waals surface area (Å²) < 4.78 is 10.4. The van der Waals surface area contributed by atoms with Crippen molar-refractivity contribution in [3.05, 3.63) is 0 Å². The van der Waals surface area contributed by atoms with Crippen molar-refractivity contribution in [2.24, 2.45) is 5.73 Å². The molecule has 1 rings (SSSR count). The van der Waals surface area contributed by atoms with Gasteiger partial charge in [0, 0.05) is 32.6 Å². The highest BCUT2D eigenvalue weighted by Gasteiger charge is 2.28. The van der Waals surface area contributed by atoms with E-state index in [2.05, 4.69) is 0 Å². The first-order chi connectivity index (χ1) is 12.1. The molecule has 1 aliphatic heterocycles. The largest absolute Gasteiger partial charge is 0.460 e. The van der Waals surface area contributed by atoms with Crippen molar-refractivity contribution in [3.63, 3.8) is 0 Å². The summed E-state index contributed by atoms with van der Waals surface area (Å²) in [5, 5.41) is 0. The Labute approximate surface area is 156 Å². The van der Waals surface area contributed by atoms with Crippen molar-refractivity contribution in [2.45, 2.75) is 65.0 Å². The second kappa shape index (κ2) is 10.4. The van der Waals surface area contributed by atoms with Crippen LogP contribution in [-0.4, -0.2) is 72.2 Å². The summed E-state index contributed by atoms with van der Waals surface area (Å²) in [6.45, 7) is 9.52. The van der Waals surface area contributed by atoms with Crippen LogP contribution in [0.15, 0.2) is 0 Å². The molecule has 0 saturated carbocycles. The van der Waals surface area contributed by atoms with Gasteiger partial charge in [0.05, 0.1) is 12.6 Å². The van der Waals surface area contributed by atoms with Gasteiger partial charge in [-0.15, -0.1) is 0 Å². The molecule has 1 aliphatic rings. The van der Waals surface area contributed by atoms with Gasteiger partial charge in [-0.05, 0) is 33.6 Å². The van der Waals surface area contributed by atoms with E-state index in [0.29, 0.717) is 32.8 Å². The first-order valence-electron chi connectivity index (χ1n) is 9.32. The van der Waals surface area contributed by atoms with Crippen LogP contribution in [0.1, 0.15) is 53.4 Å². The van der Waals surface area contributed by atoms with E-state index in [0.717, 1.165) is 12.8 Å². The lowest BCUT2D eigenvalue weighted by molar-refractivity contribution is -0.155. The van der Waals surface area contributed by atoms with E-state index in [4.69, 9.17) is 15.2 Å². The summed E-state index contributed by atoms with van der Waals surface area (Å²) in [5.74, 6) is -0.562. The van der Waals surface area contributed by atoms with Crippen LogP contribution in [0.4, 0.5) is 4.79 Å². The van der Waals surface area contributed by atoms with E-state index in [1.54, 1.807) is 30.6 Å². The van der Waals surface area contributed by atoms with Gasteiger partial charge in [0.2, 0.25) is 5.91 Å². The van der Waals surface area contributed by atoms with Gasteiger partial charge in [-0.2, -0.15) is 0 Å². The fraction of sp³-hybridized carbons (Fsp3) is 0.833. The fourth-order valence-electron chi connectivity index (χ4n) is 2.53. The molecule has 1 unspecified atom stereocenters. The molecular weight excluding hydrogens is 338 g/mol. The average Bonchev–Trinajstić information content (AvgIpc) is 2.57. The van der Waals surface area contributed by atoms with Crippen LogP contribution < -0.4 is 5.73 Å². The molecule has 0 aromatic carbocycles. The molecule has 0 aromatic heterocycles. The Morgan fingerprint density at radius 2 is 1.65 bits per heavy atom. The number of carbonyl (C=O) groups is 3. The molecular formula is C18H33N3O5. The van der Waals surface area contributed by atoms with Crippen LogP contribution in [0.3, 0.4) is 0 Å². The first-order valence-corrected chi connectivity index (χ1v) is 9.32. The number of esters is 1. The van der Waals surface area contributed by atoms with Gasteiger partial charge in [-0.25, -0.2) is 4.79 Å². The Kier molecular flexibility index (Phi) is 8.84. The normalized spacial score (nSPS) is 16.2. The van der Waals surface area contributed by atoms with Gasteiger partial charge >= 0.3 is 12.1 Å². The topological polar surface area (TPSA) is 102 Å². The summed E-state index contributed by atoms with van der Waals surface area (Å²) in [6, 6.07) is -0.745. The van der Waals surface area contributed by atoms with Crippen molar-refractivity contribution in [1.82, 2.24) is 9.80 Å². The first kappa shape index (κ1) is 22.2. The van der Waals surface area contributed by atoms with Crippen LogP contribution in [0.25, 0.3) is 0 Å². The zero-order valence-corrected chi connectivity index (χ0v) is 16.5. The number of unbranched alkanes of at least 4 members (excludes halogenated alkanes) is 1. The van der Waals surface area contributed by atoms with E-state index in [1.165, 1.54) is 0 Å². The third kappa shape index (κ3) is 8.03. The minimum atomic E-state index is -0.745. The maximum absolute atomic E-state index is 12.4. The Morgan fingerprint density at radius 1 is 1.08 bits per heavy atom. The van der Waals surface area contributed by atoms with Crippen LogP contribution in [0, 0.1) is 0 Å². The van der Waals surface area contributed by atoms with Crippen molar-refractivity contribution in [3.8, 4) is 0 Å². The predicted octanol–water partition coefficient (Wildman–Crippen LogP) is 1.52. The summed E-state index contributed by atoms with van der Waals surface area (Å²) in [7, 11) is 0. The van der Waals surface area contributed by atoms with E-state index < -0.39 is 11.6 Å². The highest BCUT2D eigenvalue weighted by atomic mass is 16.6. The molecule has 2 amide bonds. The second-order valence-electron chi connectivity index (χ2n) is 7.51. The van der Waals surface area contributed by atoms with Gasteiger partial charge in [-0.1, -0.05) is 13.3 Å². The van der Waals surface area contributed by atoms with Gasteiger partial charge in [0.1, 0.15) is 5.60 Å². The Bertz CT molecular complexity index is 482. The number of nitrogens with zero attached hydrogens (tertiary/aromatic N) is 2. The summed E-state index contributed by atoms with van der Waals surface area (Å²) in [4.78, 5) is 39.3. The molecule has 26 heavy (non-hydrogen) atoms. The zero-order chi connectivity index (χ0) is 19.7. The van der Waals surface area contributed by atoms with Gasteiger partial charge < -0.3 is 25.0 Å². The smallest absolute Gasteiger partial charge is 0.409 e. The van der Waals surface area contributed by atoms with Gasteiger partial charge in [0.25, 0.3) is 0 Å². The molecule has 0 radical (unpaired) electrons. The SMILES string of the molecule is CCCCOC(=O)N1CCN(C(=O)C(N)CCC(=O)OC(C)(C)C)CC1. The van der Waals surface area contributed by atoms with Crippen LogP contribution in [0.5, 0.6) is 0 Å². The van der Waals surface area contributed by atoms with E-state index >= 15 is 0 Å². The third-order valence-electron chi connectivity index (χ3n) is 3.97. The van der Waals surface area contributed by atoms with Gasteiger partial charge in [-0.3, -0.25) is 9.59 Å². The summed E-state index contributed by atoms with van der Waals surface area (Å²) >= 11 is 0. The van der Waals surface area contributed by atoms with E-state index in [1.807, 2.05) is 6.92 Å². The zero-order valence-electron chi connectivity index (χ0n) is 16.5. The minimum Gasteiger partial charge on any atom is -0.460 e. The van der Waals surface area contributed by atoms with Crippen LogP contribution in [-0.2, 0) is 19.1 Å². The molecule has 2 N–H and O–H groups in total. The molecule has 8 nitrogen and oxygen atoms in total. The molecule has 0 bridgehead atoms. The Hall–Kier alpha value is -1.83. The average molecular weight is 371 g/mol. The van der Waals surface area contributed by atoms with Crippen molar-refractivity contribution in [1.29, 1.82) is 0 Å². The number of amides is 2. The number of ether oxygens (including phenoxy) is 2. The fourth-order valence-corrected chi connectivity index (χ4v) is 2.53. The molecule has 150 valence electrons. The number of hydrogen-bond acceptors (Lipinski definition) is 6. The molecule has 1 atom stereocenters.